The first-order chi connectivity index (χ1) is 9.02. The molecule has 1 aromatic heterocycles. The first-order valence-electron chi connectivity index (χ1n) is 5.25. The van der Waals surface area contributed by atoms with E-state index in [9.17, 15) is 13.6 Å². The zero-order valence-electron chi connectivity index (χ0n) is 9.85. The normalized spacial score (nSPS) is 10.3. The molecule has 0 unspecified atom stereocenters. The number of carboxylic acids is 1. The van der Waals surface area contributed by atoms with E-state index in [4.69, 9.17) is 9.84 Å². The highest BCUT2D eigenvalue weighted by Crippen LogP contribution is 2.31. The molecule has 0 aliphatic rings. The van der Waals surface area contributed by atoms with Crippen LogP contribution in [0.5, 0.6) is 5.75 Å². The van der Waals surface area contributed by atoms with Gasteiger partial charge in [-0.15, -0.1) is 0 Å². The van der Waals surface area contributed by atoms with Gasteiger partial charge in [0.15, 0.2) is 5.69 Å². The summed E-state index contributed by atoms with van der Waals surface area (Å²) in [5, 5.41) is 8.82. The zero-order valence-corrected chi connectivity index (χ0v) is 9.85. The van der Waals surface area contributed by atoms with E-state index < -0.39 is 17.6 Å². The summed E-state index contributed by atoms with van der Waals surface area (Å²) in [5.74, 6) is -2.54. The molecule has 0 spiro atoms. The van der Waals surface area contributed by atoms with E-state index >= 15 is 0 Å². The lowest BCUT2D eigenvalue weighted by Gasteiger charge is -2.09. The number of hydrogen-bond acceptors (Lipinski definition) is 3. The van der Waals surface area contributed by atoms with Crippen LogP contribution in [-0.4, -0.2) is 23.2 Å². The van der Waals surface area contributed by atoms with Crippen molar-refractivity contribution in [3.05, 3.63) is 47.8 Å². The second-order valence-electron chi connectivity index (χ2n) is 3.70. The van der Waals surface area contributed by atoms with Crippen molar-refractivity contribution in [2.45, 2.75) is 0 Å². The third kappa shape index (κ3) is 2.52. The average molecular weight is 265 g/mol. The number of benzene rings is 1. The number of pyridine rings is 1. The van der Waals surface area contributed by atoms with Crippen LogP contribution in [0.2, 0.25) is 0 Å². The fourth-order valence-corrected chi connectivity index (χ4v) is 1.63. The molecule has 1 aromatic carbocycles. The molecule has 0 saturated carbocycles. The van der Waals surface area contributed by atoms with Crippen LogP contribution in [0.25, 0.3) is 11.1 Å². The third-order valence-corrected chi connectivity index (χ3v) is 2.53. The molecule has 0 atom stereocenters. The van der Waals surface area contributed by atoms with Crippen LogP contribution in [0, 0.1) is 11.6 Å². The number of carboxylic acid groups (broad SMARTS) is 1. The summed E-state index contributed by atoms with van der Waals surface area (Å²) in [6, 6.07) is 4.26. The standard InChI is InChI=1S/C13H9F2NO3/c1-19-12-5-11(13(17)18)16-6-9(12)8-3-2-7(14)4-10(8)15/h2-6H,1H3,(H,17,18). The van der Waals surface area contributed by atoms with Gasteiger partial charge in [-0.25, -0.2) is 18.6 Å². The van der Waals surface area contributed by atoms with Crippen LogP contribution < -0.4 is 4.74 Å². The fraction of sp³-hybridized carbons (Fsp3) is 0.0769. The van der Waals surface area contributed by atoms with Crippen molar-refractivity contribution in [3.8, 4) is 16.9 Å². The Morgan fingerprint density at radius 1 is 1.26 bits per heavy atom. The smallest absolute Gasteiger partial charge is 0.354 e. The summed E-state index contributed by atoms with van der Waals surface area (Å²) in [7, 11) is 1.33. The number of rotatable bonds is 3. The minimum atomic E-state index is -1.22. The van der Waals surface area contributed by atoms with Crippen molar-refractivity contribution >= 4 is 5.97 Å². The van der Waals surface area contributed by atoms with E-state index in [0.717, 1.165) is 12.1 Å². The van der Waals surface area contributed by atoms with Crippen molar-refractivity contribution in [1.82, 2.24) is 4.98 Å². The predicted molar refractivity (Wildman–Crippen MR) is 63.1 cm³/mol. The lowest BCUT2D eigenvalue weighted by molar-refractivity contribution is 0.0690. The van der Waals surface area contributed by atoms with E-state index in [2.05, 4.69) is 4.98 Å². The highest BCUT2D eigenvalue weighted by molar-refractivity contribution is 5.87. The lowest BCUT2D eigenvalue weighted by Crippen LogP contribution is -2.02. The Morgan fingerprint density at radius 2 is 2.00 bits per heavy atom. The maximum Gasteiger partial charge on any atom is 0.354 e. The lowest BCUT2D eigenvalue weighted by atomic mass is 10.1. The summed E-state index contributed by atoms with van der Waals surface area (Å²) >= 11 is 0. The zero-order chi connectivity index (χ0) is 14.0. The van der Waals surface area contributed by atoms with Crippen LogP contribution in [0.1, 0.15) is 10.5 Å². The van der Waals surface area contributed by atoms with Gasteiger partial charge in [0, 0.05) is 29.5 Å². The topological polar surface area (TPSA) is 59.4 Å². The van der Waals surface area contributed by atoms with Crippen molar-refractivity contribution < 1.29 is 23.4 Å². The Hall–Kier alpha value is -2.50. The fourth-order valence-electron chi connectivity index (χ4n) is 1.63. The van der Waals surface area contributed by atoms with E-state index in [-0.39, 0.29) is 22.6 Å². The Balaban J connectivity index is 2.58. The van der Waals surface area contributed by atoms with E-state index in [1.54, 1.807) is 0 Å². The van der Waals surface area contributed by atoms with Crippen molar-refractivity contribution in [2.75, 3.05) is 7.11 Å². The van der Waals surface area contributed by atoms with E-state index in [1.807, 2.05) is 0 Å². The molecule has 4 nitrogen and oxygen atoms in total. The van der Waals surface area contributed by atoms with Crippen LogP contribution in [0.15, 0.2) is 30.5 Å². The molecule has 0 bridgehead atoms. The molecule has 1 heterocycles. The van der Waals surface area contributed by atoms with Crippen LogP contribution in [0.3, 0.4) is 0 Å². The first-order valence-corrected chi connectivity index (χ1v) is 5.25. The van der Waals surface area contributed by atoms with Gasteiger partial charge in [0.05, 0.1) is 7.11 Å². The molecule has 6 heteroatoms. The average Bonchev–Trinajstić information content (AvgIpc) is 2.38. The summed E-state index contributed by atoms with van der Waals surface area (Å²) in [5.41, 5.74) is 0.121. The third-order valence-electron chi connectivity index (χ3n) is 2.53. The maximum atomic E-state index is 13.7. The monoisotopic (exact) mass is 265 g/mol. The Labute approximate surface area is 107 Å². The SMILES string of the molecule is COc1cc(C(=O)O)ncc1-c1ccc(F)cc1F. The Kier molecular flexibility index (Phi) is 3.41. The van der Waals surface area contributed by atoms with Gasteiger partial charge < -0.3 is 9.84 Å². The largest absolute Gasteiger partial charge is 0.496 e. The van der Waals surface area contributed by atoms with Gasteiger partial charge in [-0.2, -0.15) is 0 Å². The molecular formula is C13H9F2NO3. The molecule has 2 aromatic rings. The second kappa shape index (κ2) is 5.01. The Morgan fingerprint density at radius 3 is 2.58 bits per heavy atom. The minimum Gasteiger partial charge on any atom is -0.496 e. The summed E-state index contributed by atoms with van der Waals surface area (Å²) in [6.45, 7) is 0. The number of ether oxygens (including phenoxy) is 1. The number of hydrogen-bond donors (Lipinski definition) is 1. The molecule has 1 N–H and O–H groups in total. The second-order valence-corrected chi connectivity index (χ2v) is 3.70. The highest BCUT2D eigenvalue weighted by Gasteiger charge is 2.15. The summed E-state index contributed by atoms with van der Waals surface area (Å²) in [4.78, 5) is 14.5. The first kappa shape index (κ1) is 12.9. The number of aromatic nitrogens is 1. The predicted octanol–water partition coefficient (Wildman–Crippen LogP) is 2.73. The molecule has 0 aliphatic heterocycles. The molecule has 19 heavy (non-hydrogen) atoms. The summed E-state index contributed by atoms with van der Waals surface area (Å²) in [6.07, 6.45) is 1.18. The van der Waals surface area contributed by atoms with Crippen LogP contribution in [-0.2, 0) is 0 Å². The molecule has 0 amide bonds. The quantitative estimate of drug-likeness (QED) is 0.927. The maximum absolute atomic E-state index is 13.7. The molecule has 0 radical (unpaired) electrons. The van der Waals surface area contributed by atoms with Gasteiger partial charge in [0.25, 0.3) is 0 Å². The van der Waals surface area contributed by atoms with Crippen LogP contribution >= 0.6 is 0 Å². The van der Waals surface area contributed by atoms with Crippen LogP contribution in [0.4, 0.5) is 8.78 Å². The number of aromatic carboxylic acids is 1. The number of carbonyl (C=O) groups is 1. The van der Waals surface area contributed by atoms with Gasteiger partial charge in [0.1, 0.15) is 17.4 Å². The van der Waals surface area contributed by atoms with Crippen molar-refractivity contribution in [1.29, 1.82) is 0 Å². The van der Waals surface area contributed by atoms with Gasteiger partial charge in [-0.3, -0.25) is 0 Å². The molecule has 0 aliphatic carbocycles. The van der Waals surface area contributed by atoms with Crippen molar-refractivity contribution in [2.24, 2.45) is 0 Å². The van der Waals surface area contributed by atoms with Gasteiger partial charge in [-0.05, 0) is 12.1 Å². The number of methoxy groups -OCH3 is 1. The van der Waals surface area contributed by atoms with Gasteiger partial charge >= 0.3 is 5.97 Å². The molecule has 0 saturated heterocycles. The molecule has 2 rings (SSSR count). The van der Waals surface area contributed by atoms with Gasteiger partial charge in [-0.1, -0.05) is 0 Å². The highest BCUT2D eigenvalue weighted by atomic mass is 19.1. The van der Waals surface area contributed by atoms with Crippen molar-refractivity contribution in [3.63, 3.8) is 0 Å². The molecule has 0 fully saturated rings. The van der Waals surface area contributed by atoms with E-state index in [0.29, 0.717) is 0 Å². The summed E-state index contributed by atoms with van der Waals surface area (Å²) < 4.78 is 31.5. The molecular weight excluding hydrogens is 256 g/mol. The number of halogens is 2. The Bertz CT molecular complexity index is 644. The van der Waals surface area contributed by atoms with E-state index in [1.165, 1.54) is 25.4 Å². The number of nitrogens with zero attached hydrogens (tertiary/aromatic N) is 1. The van der Waals surface area contributed by atoms with Gasteiger partial charge in [0.2, 0.25) is 0 Å². The molecule has 98 valence electrons. The minimum absolute atomic E-state index is 0.0858.